The molecule has 1 aliphatic rings. The molecule has 1 heterocycles. The van der Waals surface area contributed by atoms with Gasteiger partial charge in [-0.2, -0.15) is 0 Å². The van der Waals surface area contributed by atoms with Crippen LogP contribution in [0.3, 0.4) is 0 Å². The molecule has 0 saturated carbocycles. The molecule has 1 N–H and O–H groups in total. The van der Waals surface area contributed by atoms with Gasteiger partial charge >= 0.3 is 0 Å². The smallest absolute Gasteiger partial charge is 0.123 e. The van der Waals surface area contributed by atoms with Crippen molar-refractivity contribution in [1.29, 1.82) is 0 Å². The van der Waals surface area contributed by atoms with E-state index in [1.54, 1.807) is 0 Å². The average molecular weight is 247 g/mol. The monoisotopic (exact) mass is 247 g/mol. The van der Waals surface area contributed by atoms with Crippen molar-refractivity contribution in [2.75, 3.05) is 6.54 Å². The van der Waals surface area contributed by atoms with Crippen molar-refractivity contribution < 1.29 is 4.74 Å². The molecule has 18 heavy (non-hydrogen) atoms. The Kier molecular flexibility index (Phi) is 4.28. The fourth-order valence-electron chi connectivity index (χ4n) is 2.38. The molecule has 1 aromatic carbocycles. The van der Waals surface area contributed by atoms with Gasteiger partial charge in [0.15, 0.2) is 0 Å². The van der Waals surface area contributed by atoms with E-state index in [9.17, 15) is 0 Å². The van der Waals surface area contributed by atoms with E-state index >= 15 is 0 Å². The molecule has 0 radical (unpaired) electrons. The minimum atomic E-state index is 0.236. The summed E-state index contributed by atoms with van der Waals surface area (Å²) in [5, 5.41) is 3.52. The highest BCUT2D eigenvalue weighted by atomic mass is 16.5. The van der Waals surface area contributed by atoms with E-state index in [2.05, 4.69) is 50.4 Å². The molecule has 0 aromatic heterocycles. The van der Waals surface area contributed by atoms with Crippen LogP contribution < -0.4 is 10.1 Å². The molecule has 1 aromatic rings. The number of unbranched alkanes of at least 4 members (excludes halogenated alkanes) is 1. The fraction of sp³-hybridized carbons (Fsp3) is 0.625. The lowest BCUT2D eigenvalue weighted by Crippen LogP contribution is -2.36. The van der Waals surface area contributed by atoms with Crippen LogP contribution in [-0.2, 0) is 6.42 Å². The highest BCUT2D eigenvalue weighted by Crippen LogP contribution is 2.29. The van der Waals surface area contributed by atoms with Crippen LogP contribution in [-0.4, -0.2) is 18.2 Å². The zero-order chi connectivity index (χ0) is 13.0. The van der Waals surface area contributed by atoms with Crippen LogP contribution >= 0.6 is 0 Å². The second kappa shape index (κ2) is 5.75. The van der Waals surface area contributed by atoms with Crippen LogP contribution in [0.5, 0.6) is 5.75 Å². The number of para-hydroxylation sites is 1. The first-order chi connectivity index (χ1) is 8.54. The van der Waals surface area contributed by atoms with Crippen LogP contribution in [0.1, 0.15) is 45.6 Å². The van der Waals surface area contributed by atoms with E-state index in [-0.39, 0.29) is 5.54 Å². The standard InChI is InChI=1S/C16H25NO/c1-16(2,3)17-11-7-6-9-14-12-13-8-4-5-10-15(13)18-14/h4-5,8,10,14,17H,6-7,9,11-12H2,1-3H3. The largest absolute Gasteiger partial charge is 0.490 e. The Morgan fingerprint density at radius 3 is 2.72 bits per heavy atom. The molecule has 2 heteroatoms. The maximum absolute atomic E-state index is 5.93. The van der Waals surface area contributed by atoms with E-state index in [0.717, 1.165) is 18.7 Å². The van der Waals surface area contributed by atoms with Gasteiger partial charge in [-0.15, -0.1) is 0 Å². The van der Waals surface area contributed by atoms with Crippen molar-refractivity contribution in [3.05, 3.63) is 29.8 Å². The van der Waals surface area contributed by atoms with Crippen LogP contribution in [0.15, 0.2) is 24.3 Å². The molecular formula is C16H25NO. The summed E-state index contributed by atoms with van der Waals surface area (Å²) in [5.74, 6) is 1.09. The van der Waals surface area contributed by atoms with E-state index in [0.29, 0.717) is 6.10 Å². The fourth-order valence-corrected chi connectivity index (χ4v) is 2.38. The first kappa shape index (κ1) is 13.4. The molecule has 0 saturated heterocycles. The van der Waals surface area contributed by atoms with E-state index in [1.165, 1.54) is 24.8 Å². The summed E-state index contributed by atoms with van der Waals surface area (Å²) >= 11 is 0. The summed E-state index contributed by atoms with van der Waals surface area (Å²) in [6.45, 7) is 7.74. The maximum atomic E-state index is 5.93. The molecule has 1 atom stereocenters. The van der Waals surface area contributed by atoms with Gasteiger partial charge in [0.2, 0.25) is 0 Å². The quantitative estimate of drug-likeness (QED) is 0.803. The summed E-state index contributed by atoms with van der Waals surface area (Å²) in [6, 6.07) is 8.40. The Labute approximate surface area is 111 Å². The molecule has 0 amide bonds. The van der Waals surface area contributed by atoms with Crippen molar-refractivity contribution in [3.63, 3.8) is 0 Å². The first-order valence-electron chi connectivity index (χ1n) is 7.04. The minimum Gasteiger partial charge on any atom is -0.490 e. The SMILES string of the molecule is CC(C)(C)NCCCCC1Cc2ccccc2O1. The van der Waals surface area contributed by atoms with Gasteiger partial charge in [-0.3, -0.25) is 0 Å². The second-order valence-electron chi connectivity index (χ2n) is 6.22. The molecular weight excluding hydrogens is 222 g/mol. The van der Waals surface area contributed by atoms with Crippen LogP contribution in [0.4, 0.5) is 0 Å². The van der Waals surface area contributed by atoms with E-state index < -0.39 is 0 Å². The third-order valence-electron chi connectivity index (χ3n) is 3.32. The van der Waals surface area contributed by atoms with Crippen molar-refractivity contribution in [3.8, 4) is 5.75 Å². The highest BCUT2D eigenvalue weighted by molar-refractivity contribution is 5.37. The molecule has 0 spiro atoms. The zero-order valence-corrected chi connectivity index (χ0v) is 11.8. The van der Waals surface area contributed by atoms with Crippen LogP contribution in [0.25, 0.3) is 0 Å². The van der Waals surface area contributed by atoms with Gasteiger partial charge in [0.05, 0.1) is 0 Å². The number of rotatable bonds is 5. The Morgan fingerprint density at radius 1 is 1.22 bits per heavy atom. The van der Waals surface area contributed by atoms with Gasteiger partial charge < -0.3 is 10.1 Å². The van der Waals surface area contributed by atoms with Gasteiger partial charge in [-0.05, 0) is 58.2 Å². The number of benzene rings is 1. The van der Waals surface area contributed by atoms with Crippen molar-refractivity contribution in [2.24, 2.45) is 0 Å². The Bertz CT molecular complexity index is 356. The summed E-state index contributed by atoms with van der Waals surface area (Å²) in [4.78, 5) is 0. The van der Waals surface area contributed by atoms with Gasteiger partial charge in [0, 0.05) is 12.0 Å². The molecule has 2 nitrogen and oxygen atoms in total. The lowest BCUT2D eigenvalue weighted by molar-refractivity contribution is 0.216. The van der Waals surface area contributed by atoms with E-state index in [1.807, 2.05) is 0 Å². The number of hydrogen-bond donors (Lipinski definition) is 1. The molecule has 0 aliphatic carbocycles. The topological polar surface area (TPSA) is 21.3 Å². The first-order valence-corrected chi connectivity index (χ1v) is 7.04. The van der Waals surface area contributed by atoms with Crippen LogP contribution in [0.2, 0.25) is 0 Å². The lowest BCUT2D eigenvalue weighted by Gasteiger charge is -2.20. The average Bonchev–Trinajstić information content (AvgIpc) is 2.69. The number of ether oxygens (including phenoxy) is 1. The molecule has 0 bridgehead atoms. The summed E-state index contributed by atoms with van der Waals surface area (Å²) in [7, 11) is 0. The van der Waals surface area contributed by atoms with Gasteiger partial charge in [-0.1, -0.05) is 18.2 Å². The van der Waals surface area contributed by atoms with Gasteiger partial charge in [-0.25, -0.2) is 0 Å². The molecule has 0 fully saturated rings. The van der Waals surface area contributed by atoms with Crippen molar-refractivity contribution in [2.45, 2.75) is 58.1 Å². The van der Waals surface area contributed by atoms with Crippen molar-refractivity contribution in [1.82, 2.24) is 5.32 Å². The molecule has 100 valence electrons. The maximum Gasteiger partial charge on any atom is 0.123 e. The molecule has 2 rings (SSSR count). The molecule has 1 aliphatic heterocycles. The van der Waals surface area contributed by atoms with Gasteiger partial charge in [0.25, 0.3) is 0 Å². The lowest BCUT2D eigenvalue weighted by atomic mass is 10.0. The Balaban J connectivity index is 1.63. The number of hydrogen-bond acceptors (Lipinski definition) is 2. The summed E-state index contributed by atoms with van der Waals surface area (Å²) in [5.41, 5.74) is 1.61. The van der Waals surface area contributed by atoms with Crippen LogP contribution in [0, 0.1) is 0 Å². The van der Waals surface area contributed by atoms with Crippen molar-refractivity contribution >= 4 is 0 Å². The zero-order valence-electron chi connectivity index (χ0n) is 11.8. The predicted molar refractivity (Wildman–Crippen MR) is 76.2 cm³/mol. The second-order valence-corrected chi connectivity index (χ2v) is 6.22. The summed E-state index contributed by atoms with van der Waals surface area (Å²) < 4.78 is 5.93. The third-order valence-corrected chi connectivity index (χ3v) is 3.32. The predicted octanol–water partition coefficient (Wildman–Crippen LogP) is 3.55. The highest BCUT2D eigenvalue weighted by Gasteiger charge is 2.21. The van der Waals surface area contributed by atoms with Gasteiger partial charge in [0.1, 0.15) is 11.9 Å². The van der Waals surface area contributed by atoms with E-state index in [4.69, 9.17) is 4.74 Å². The third kappa shape index (κ3) is 4.02. The number of fused-ring (bicyclic) bond motifs is 1. The summed E-state index contributed by atoms with van der Waals surface area (Å²) in [6.07, 6.45) is 5.12. The normalized spacial score (nSPS) is 18.5. The Morgan fingerprint density at radius 2 is 2.00 bits per heavy atom. The minimum absolute atomic E-state index is 0.236. The number of nitrogens with one attached hydrogen (secondary N) is 1. The molecule has 1 unspecified atom stereocenters. The Hall–Kier alpha value is -1.02.